The molecule has 0 spiro atoms. The third-order valence-corrected chi connectivity index (χ3v) is 6.36. The van der Waals surface area contributed by atoms with Crippen molar-refractivity contribution < 1.29 is 4.79 Å². The van der Waals surface area contributed by atoms with E-state index in [1.165, 1.54) is 28.7 Å². The molecule has 23 heavy (non-hydrogen) atoms. The largest absolute Gasteiger partial charge is 0.351 e. The molecule has 0 saturated carbocycles. The highest BCUT2D eigenvalue weighted by molar-refractivity contribution is 5.72. The zero-order chi connectivity index (χ0) is 16.1. The summed E-state index contributed by atoms with van der Waals surface area (Å²) in [6.45, 7) is 7.51. The number of carbonyl (C=O) groups is 1. The molecule has 3 unspecified atom stereocenters. The van der Waals surface area contributed by atoms with Gasteiger partial charge < -0.3 is 10.6 Å². The number of nitrogens with two attached hydrogens (primary N) is 1. The van der Waals surface area contributed by atoms with Crippen LogP contribution in [0.5, 0.6) is 0 Å². The Morgan fingerprint density at radius 3 is 2.78 bits per heavy atom. The van der Waals surface area contributed by atoms with Crippen molar-refractivity contribution in [1.82, 2.24) is 9.80 Å². The Hall–Kier alpha value is -1.55. The maximum absolute atomic E-state index is 11.8. The molecular formula is C19H27N3O. The Labute approximate surface area is 138 Å². The van der Waals surface area contributed by atoms with Gasteiger partial charge in [0, 0.05) is 31.7 Å². The number of likely N-dealkylation sites (tertiary alicyclic amines) is 1. The van der Waals surface area contributed by atoms with Gasteiger partial charge in [-0.05, 0) is 67.7 Å². The van der Waals surface area contributed by atoms with Gasteiger partial charge in [0.2, 0.25) is 0 Å². The van der Waals surface area contributed by atoms with E-state index in [9.17, 15) is 4.79 Å². The summed E-state index contributed by atoms with van der Waals surface area (Å²) in [5.41, 5.74) is 11.4. The maximum Gasteiger partial charge on any atom is 0.315 e. The predicted molar refractivity (Wildman–Crippen MR) is 91.4 cm³/mol. The maximum atomic E-state index is 11.8. The smallest absolute Gasteiger partial charge is 0.315 e. The first-order valence-corrected chi connectivity index (χ1v) is 8.94. The summed E-state index contributed by atoms with van der Waals surface area (Å²) in [5.74, 6) is 0.598. The number of hydrogen-bond donors (Lipinski definition) is 1. The summed E-state index contributed by atoms with van der Waals surface area (Å²) in [7, 11) is 0. The molecule has 0 aromatic heterocycles. The van der Waals surface area contributed by atoms with Crippen molar-refractivity contribution in [2.45, 2.75) is 51.6 Å². The number of urea groups is 1. The van der Waals surface area contributed by atoms with Gasteiger partial charge in [0.1, 0.15) is 0 Å². The van der Waals surface area contributed by atoms with Crippen LogP contribution in [0.1, 0.15) is 47.6 Å². The highest BCUT2D eigenvalue weighted by Gasteiger charge is 2.43. The van der Waals surface area contributed by atoms with Crippen LogP contribution in [-0.4, -0.2) is 41.5 Å². The van der Waals surface area contributed by atoms with E-state index in [1.54, 1.807) is 0 Å². The molecule has 4 heteroatoms. The van der Waals surface area contributed by atoms with Gasteiger partial charge >= 0.3 is 6.03 Å². The normalized spacial score (nSPS) is 30.3. The van der Waals surface area contributed by atoms with Crippen LogP contribution in [-0.2, 0) is 6.42 Å². The summed E-state index contributed by atoms with van der Waals surface area (Å²) in [6, 6.07) is 5.32. The molecule has 0 aliphatic carbocycles. The van der Waals surface area contributed by atoms with E-state index in [4.69, 9.17) is 5.73 Å². The fourth-order valence-electron chi connectivity index (χ4n) is 5.01. The van der Waals surface area contributed by atoms with Gasteiger partial charge in [-0.3, -0.25) is 4.90 Å². The lowest BCUT2D eigenvalue weighted by atomic mass is 9.76. The van der Waals surface area contributed by atoms with E-state index in [0.29, 0.717) is 18.0 Å². The monoisotopic (exact) mass is 313 g/mol. The Morgan fingerprint density at radius 2 is 2.00 bits per heavy atom. The van der Waals surface area contributed by atoms with Crippen molar-refractivity contribution in [2.75, 3.05) is 19.6 Å². The van der Waals surface area contributed by atoms with E-state index in [2.05, 4.69) is 30.9 Å². The van der Waals surface area contributed by atoms with E-state index >= 15 is 0 Å². The Bertz CT molecular complexity index is 642. The van der Waals surface area contributed by atoms with Crippen LogP contribution in [0.25, 0.3) is 0 Å². The van der Waals surface area contributed by atoms with Crippen molar-refractivity contribution in [1.29, 1.82) is 0 Å². The van der Waals surface area contributed by atoms with Gasteiger partial charge in [0.15, 0.2) is 0 Å². The molecule has 3 aliphatic heterocycles. The Morgan fingerprint density at radius 1 is 1.22 bits per heavy atom. The summed E-state index contributed by atoms with van der Waals surface area (Å²) in [6.07, 6.45) is 4.53. The summed E-state index contributed by atoms with van der Waals surface area (Å²) in [4.78, 5) is 16.4. The molecule has 3 aliphatic rings. The zero-order valence-electron chi connectivity index (χ0n) is 14.2. The van der Waals surface area contributed by atoms with Crippen molar-refractivity contribution in [3.8, 4) is 0 Å². The first-order chi connectivity index (χ1) is 11.0. The standard InChI is InChI=1S/C19H27N3O/c1-12-8-14-5-7-21-11-15-4-3-6-22(19(20)23)17(15)10-18(21)16(14)9-13(12)2/h8-9,15,17-18H,3-7,10-11H2,1-2H3,(H2,20,23). The number of hydrogen-bond acceptors (Lipinski definition) is 2. The van der Waals surface area contributed by atoms with E-state index in [1.807, 2.05) is 4.90 Å². The number of rotatable bonds is 0. The third-order valence-electron chi connectivity index (χ3n) is 6.36. The molecule has 4 nitrogen and oxygen atoms in total. The molecule has 2 fully saturated rings. The Balaban J connectivity index is 1.68. The van der Waals surface area contributed by atoms with Crippen LogP contribution < -0.4 is 5.73 Å². The molecule has 2 saturated heterocycles. The second kappa shape index (κ2) is 5.52. The van der Waals surface area contributed by atoms with Gasteiger partial charge in [-0.25, -0.2) is 4.79 Å². The van der Waals surface area contributed by atoms with Gasteiger partial charge in [-0.1, -0.05) is 12.1 Å². The molecule has 2 N–H and O–H groups in total. The lowest BCUT2D eigenvalue weighted by molar-refractivity contribution is 0.00740. The van der Waals surface area contributed by atoms with E-state index in [-0.39, 0.29) is 6.03 Å². The highest BCUT2D eigenvalue weighted by atomic mass is 16.2. The number of amides is 2. The first-order valence-electron chi connectivity index (χ1n) is 8.94. The van der Waals surface area contributed by atoms with Crippen molar-refractivity contribution in [2.24, 2.45) is 11.7 Å². The minimum Gasteiger partial charge on any atom is -0.351 e. The van der Waals surface area contributed by atoms with Gasteiger partial charge in [0.05, 0.1) is 0 Å². The van der Waals surface area contributed by atoms with Gasteiger partial charge in [-0.2, -0.15) is 0 Å². The fourth-order valence-corrected chi connectivity index (χ4v) is 5.01. The SMILES string of the molecule is Cc1cc2c(cc1C)C1CC3C(CCCN3C(N)=O)CN1CC2. The lowest BCUT2D eigenvalue weighted by Gasteiger charge is -2.52. The van der Waals surface area contributed by atoms with Crippen LogP contribution in [0.15, 0.2) is 12.1 Å². The molecule has 3 atom stereocenters. The van der Waals surface area contributed by atoms with Crippen LogP contribution in [0.3, 0.4) is 0 Å². The summed E-state index contributed by atoms with van der Waals surface area (Å²) >= 11 is 0. The van der Waals surface area contributed by atoms with E-state index < -0.39 is 0 Å². The summed E-state index contributed by atoms with van der Waals surface area (Å²) in [5, 5.41) is 0. The van der Waals surface area contributed by atoms with E-state index in [0.717, 1.165) is 38.9 Å². The van der Waals surface area contributed by atoms with Crippen LogP contribution in [0.2, 0.25) is 0 Å². The van der Waals surface area contributed by atoms with Crippen molar-refractivity contribution >= 4 is 6.03 Å². The van der Waals surface area contributed by atoms with Crippen molar-refractivity contribution in [3.63, 3.8) is 0 Å². The molecule has 4 rings (SSSR count). The number of fused-ring (bicyclic) bond motifs is 4. The first kappa shape index (κ1) is 15.0. The molecule has 0 bridgehead atoms. The minimum absolute atomic E-state index is 0.232. The molecule has 1 aromatic carbocycles. The molecule has 0 radical (unpaired) electrons. The van der Waals surface area contributed by atoms with Crippen LogP contribution >= 0.6 is 0 Å². The molecule has 2 amide bonds. The lowest BCUT2D eigenvalue weighted by Crippen LogP contribution is -2.58. The van der Waals surface area contributed by atoms with Gasteiger partial charge in [-0.15, -0.1) is 0 Å². The summed E-state index contributed by atoms with van der Waals surface area (Å²) < 4.78 is 0. The molecular weight excluding hydrogens is 286 g/mol. The molecule has 124 valence electrons. The highest BCUT2D eigenvalue weighted by Crippen LogP contribution is 2.43. The minimum atomic E-state index is -0.232. The number of carbonyl (C=O) groups excluding carboxylic acids is 1. The number of nitrogens with zero attached hydrogens (tertiary/aromatic N) is 2. The average Bonchev–Trinajstić information content (AvgIpc) is 2.53. The van der Waals surface area contributed by atoms with Crippen molar-refractivity contribution in [3.05, 3.63) is 34.4 Å². The number of primary amides is 1. The zero-order valence-corrected chi connectivity index (χ0v) is 14.2. The molecule has 1 aromatic rings. The fraction of sp³-hybridized carbons (Fsp3) is 0.632. The number of piperidine rings is 2. The number of aryl methyl sites for hydroxylation is 2. The predicted octanol–water partition coefficient (Wildman–Crippen LogP) is 2.77. The molecule has 3 heterocycles. The second-order valence-electron chi connectivity index (χ2n) is 7.63. The quantitative estimate of drug-likeness (QED) is 0.800. The van der Waals surface area contributed by atoms with Crippen LogP contribution in [0.4, 0.5) is 4.79 Å². The Kier molecular flexibility index (Phi) is 3.60. The number of benzene rings is 1. The van der Waals surface area contributed by atoms with Crippen LogP contribution in [0, 0.1) is 19.8 Å². The third kappa shape index (κ3) is 2.44. The topological polar surface area (TPSA) is 49.6 Å². The average molecular weight is 313 g/mol. The second-order valence-corrected chi connectivity index (χ2v) is 7.63. The van der Waals surface area contributed by atoms with Gasteiger partial charge in [0.25, 0.3) is 0 Å².